The van der Waals surface area contributed by atoms with Crippen molar-refractivity contribution in [2.75, 3.05) is 19.5 Å². The number of rotatable bonds is 6. The summed E-state index contributed by atoms with van der Waals surface area (Å²) < 4.78 is 10.4. The molecule has 2 aromatic rings. The van der Waals surface area contributed by atoms with Gasteiger partial charge in [0.05, 0.1) is 24.9 Å². The van der Waals surface area contributed by atoms with Crippen molar-refractivity contribution >= 4 is 34.8 Å². The standard InChI is InChI=1S/C17H17Cl2NO3/c1-22-13-7-11(8-14(10-13)23-2)3-6-17(21)20-16-9-12(18)4-5-15(16)19/h4-5,7-10H,3,6H2,1-2H3,(H,20,21). The van der Waals surface area contributed by atoms with E-state index in [2.05, 4.69) is 5.32 Å². The molecule has 0 atom stereocenters. The number of nitrogens with one attached hydrogen (secondary N) is 1. The minimum Gasteiger partial charge on any atom is -0.497 e. The molecule has 1 amide bonds. The average molecular weight is 354 g/mol. The van der Waals surface area contributed by atoms with Crippen molar-refractivity contribution in [3.63, 3.8) is 0 Å². The van der Waals surface area contributed by atoms with Crippen LogP contribution in [0, 0.1) is 0 Å². The number of hydrogen-bond acceptors (Lipinski definition) is 3. The molecule has 0 radical (unpaired) electrons. The molecule has 1 N–H and O–H groups in total. The molecule has 6 heteroatoms. The average Bonchev–Trinajstić information content (AvgIpc) is 2.56. The van der Waals surface area contributed by atoms with Crippen LogP contribution in [0.1, 0.15) is 12.0 Å². The molecule has 0 aliphatic heterocycles. The van der Waals surface area contributed by atoms with E-state index in [0.29, 0.717) is 40.1 Å². The van der Waals surface area contributed by atoms with E-state index in [1.165, 1.54) is 0 Å². The normalized spacial score (nSPS) is 10.3. The molecule has 4 nitrogen and oxygen atoms in total. The van der Waals surface area contributed by atoms with E-state index in [9.17, 15) is 4.79 Å². The topological polar surface area (TPSA) is 47.6 Å². The smallest absolute Gasteiger partial charge is 0.224 e. The van der Waals surface area contributed by atoms with Gasteiger partial charge in [-0.3, -0.25) is 4.79 Å². The molecule has 0 saturated carbocycles. The molecule has 0 aliphatic rings. The zero-order valence-electron chi connectivity index (χ0n) is 12.9. The second-order valence-electron chi connectivity index (χ2n) is 4.89. The molecule has 122 valence electrons. The predicted molar refractivity (Wildman–Crippen MR) is 93.0 cm³/mol. The van der Waals surface area contributed by atoms with E-state index in [4.69, 9.17) is 32.7 Å². The van der Waals surface area contributed by atoms with Crippen LogP contribution in [0.5, 0.6) is 11.5 Å². The van der Waals surface area contributed by atoms with Crippen LogP contribution in [0.2, 0.25) is 10.0 Å². The van der Waals surface area contributed by atoms with Crippen molar-refractivity contribution in [1.29, 1.82) is 0 Å². The Kier molecular flexibility index (Phi) is 6.13. The van der Waals surface area contributed by atoms with Gasteiger partial charge in [-0.2, -0.15) is 0 Å². The van der Waals surface area contributed by atoms with Crippen molar-refractivity contribution in [2.45, 2.75) is 12.8 Å². The Hall–Kier alpha value is -1.91. The first-order valence-corrected chi connectivity index (χ1v) is 7.74. The van der Waals surface area contributed by atoms with Gasteiger partial charge < -0.3 is 14.8 Å². The van der Waals surface area contributed by atoms with E-state index in [1.54, 1.807) is 38.5 Å². The van der Waals surface area contributed by atoms with E-state index >= 15 is 0 Å². The molecule has 0 unspecified atom stereocenters. The Balaban J connectivity index is 2.00. The zero-order chi connectivity index (χ0) is 16.8. The summed E-state index contributed by atoms with van der Waals surface area (Å²) in [5.41, 5.74) is 1.46. The number of halogens is 2. The molecule has 0 aliphatic carbocycles. The van der Waals surface area contributed by atoms with E-state index in [1.807, 2.05) is 12.1 Å². The fraction of sp³-hybridized carbons (Fsp3) is 0.235. The van der Waals surface area contributed by atoms with E-state index in [0.717, 1.165) is 5.56 Å². The number of hydrogen-bond donors (Lipinski definition) is 1. The number of aryl methyl sites for hydroxylation is 1. The van der Waals surface area contributed by atoms with E-state index in [-0.39, 0.29) is 5.91 Å². The number of amides is 1. The van der Waals surface area contributed by atoms with Gasteiger partial charge >= 0.3 is 0 Å². The summed E-state index contributed by atoms with van der Waals surface area (Å²) in [5, 5.41) is 3.73. The van der Waals surface area contributed by atoms with Gasteiger partial charge in [-0.25, -0.2) is 0 Å². The van der Waals surface area contributed by atoms with Gasteiger partial charge in [0.15, 0.2) is 0 Å². The molecular formula is C17H17Cl2NO3. The molecule has 0 saturated heterocycles. The molecule has 0 spiro atoms. The molecule has 0 heterocycles. The highest BCUT2D eigenvalue weighted by Crippen LogP contribution is 2.26. The summed E-state index contributed by atoms with van der Waals surface area (Å²) >= 11 is 11.9. The van der Waals surface area contributed by atoms with Crippen molar-refractivity contribution < 1.29 is 14.3 Å². The summed E-state index contributed by atoms with van der Waals surface area (Å²) in [7, 11) is 3.18. The molecule has 0 fully saturated rings. The number of ether oxygens (including phenoxy) is 2. The number of carbonyl (C=O) groups excluding carboxylic acids is 1. The van der Waals surface area contributed by atoms with Crippen LogP contribution in [-0.4, -0.2) is 20.1 Å². The number of anilines is 1. The largest absolute Gasteiger partial charge is 0.497 e. The summed E-state index contributed by atoms with van der Waals surface area (Å²) in [6.45, 7) is 0. The zero-order valence-corrected chi connectivity index (χ0v) is 14.4. The molecule has 0 bridgehead atoms. The van der Waals surface area contributed by atoms with Crippen molar-refractivity contribution in [3.8, 4) is 11.5 Å². The van der Waals surface area contributed by atoms with Gasteiger partial charge in [0.1, 0.15) is 11.5 Å². The fourth-order valence-corrected chi connectivity index (χ4v) is 2.41. The summed E-state index contributed by atoms with van der Waals surface area (Å²) in [6.07, 6.45) is 0.858. The minimum atomic E-state index is -0.143. The first-order valence-electron chi connectivity index (χ1n) is 6.98. The maximum absolute atomic E-state index is 12.1. The second kappa shape index (κ2) is 8.09. The quantitative estimate of drug-likeness (QED) is 0.826. The first-order chi connectivity index (χ1) is 11.0. The lowest BCUT2D eigenvalue weighted by Crippen LogP contribution is -2.12. The summed E-state index contributed by atoms with van der Waals surface area (Å²) in [5.74, 6) is 1.24. The van der Waals surface area contributed by atoms with Crippen molar-refractivity contribution in [2.24, 2.45) is 0 Å². The monoisotopic (exact) mass is 353 g/mol. The molecule has 2 rings (SSSR count). The van der Waals surface area contributed by atoms with Gasteiger partial charge in [-0.1, -0.05) is 23.2 Å². The molecule has 0 aromatic heterocycles. The van der Waals surface area contributed by atoms with Crippen LogP contribution in [0.15, 0.2) is 36.4 Å². The lowest BCUT2D eigenvalue weighted by Gasteiger charge is -2.10. The number of methoxy groups -OCH3 is 2. The summed E-state index contributed by atoms with van der Waals surface area (Å²) in [4.78, 5) is 12.1. The van der Waals surface area contributed by atoms with Gasteiger partial charge in [0, 0.05) is 17.5 Å². The summed E-state index contributed by atoms with van der Waals surface area (Å²) in [6, 6.07) is 10.5. The lowest BCUT2D eigenvalue weighted by atomic mass is 10.1. The molecule has 2 aromatic carbocycles. The SMILES string of the molecule is COc1cc(CCC(=O)Nc2cc(Cl)ccc2Cl)cc(OC)c1. The maximum Gasteiger partial charge on any atom is 0.224 e. The fourth-order valence-electron chi connectivity index (χ4n) is 2.07. The Morgan fingerprint density at radius 1 is 1.04 bits per heavy atom. The van der Waals surface area contributed by atoms with Crippen LogP contribution in [0.4, 0.5) is 5.69 Å². The third kappa shape index (κ3) is 5.05. The van der Waals surface area contributed by atoms with E-state index < -0.39 is 0 Å². The molecular weight excluding hydrogens is 337 g/mol. The number of benzene rings is 2. The van der Waals surface area contributed by atoms with Gasteiger partial charge in [-0.15, -0.1) is 0 Å². The molecule has 23 heavy (non-hydrogen) atoms. The highest BCUT2D eigenvalue weighted by atomic mass is 35.5. The predicted octanol–water partition coefficient (Wildman–Crippen LogP) is 4.58. The lowest BCUT2D eigenvalue weighted by molar-refractivity contribution is -0.116. The highest BCUT2D eigenvalue weighted by molar-refractivity contribution is 6.35. The Morgan fingerprint density at radius 2 is 1.70 bits per heavy atom. The maximum atomic E-state index is 12.1. The van der Waals surface area contributed by atoms with Crippen molar-refractivity contribution in [1.82, 2.24) is 0 Å². The number of carbonyl (C=O) groups is 1. The van der Waals surface area contributed by atoms with Crippen LogP contribution in [-0.2, 0) is 11.2 Å². The first kappa shape index (κ1) is 17.4. The second-order valence-corrected chi connectivity index (χ2v) is 5.74. The Morgan fingerprint density at radius 3 is 2.30 bits per heavy atom. The minimum absolute atomic E-state index is 0.143. The van der Waals surface area contributed by atoms with Crippen LogP contribution in [0.3, 0.4) is 0 Å². The van der Waals surface area contributed by atoms with Crippen molar-refractivity contribution in [3.05, 3.63) is 52.0 Å². The van der Waals surface area contributed by atoms with Gasteiger partial charge in [0.25, 0.3) is 0 Å². The van der Waals surface area contributed by atoms with Gasteiger partial charge in [0.2, 0.25) is 5.91 Å². The van der Waals surface area contributed by atoms with Gasteiger partial charge in [-0.05, 0) is 42.3 Å². The van der Waals surface area contributed by atoms with Crippen LogP contribution in [0.25, 0.3) is 0 Å². The van der Waals surface area contributed by atoms with Crippen LogP contribution < -0.4 is 14.8 Å². The third-order valence-electron chi connectivity index (χ3n) is 3.25. The third-order valence-corrected chi connectivity index (χ3v) is 3.82. The Bertz CT molecular complexity index is 682. The Labute approximate surface area is 145 Å². The van der Waals surface area contributed by atoms with Crippen LogP contribution >= 0.6 is 23.2 Å². The highest BCUT2D eigenvalue weighted by Gasteiger charge is 2.08.